The highest BCUT2D eigenvalue weighted by Gasteiger charge is 2.01. The van der Waals surface area contributed by atoms with Crippen molar-refractivity contribution in [3.05, 3.63) is 0 Å². The van der Waals surface area contributed by atoms with E-state index in [1.165, 1.54) is 64.2 Å². The first-order valence-electron chi connectivity index (χ1n) is 8.57. The zero-order valence-electron chi connectivity index (χ0n) is 13.4. The first-order chi connectivity index (χ1) is 9.81. The van der Waals surface area contributed by atoms with E-state index in [0.717, 1.165) is 12.8 Å². The molecule has 0 radical (unpaired) electrons. The Balaban J connectivity index is 0.00000105. The number of carbonyl (C=O) groups is 1. The Hall–Kier alpha value is -0.570. The fraction of sp³-hybridized carbons (Fsp3) is 0.941. The van der Waals surface area contributed by atoms with Crippen molar-refractivity contribution >= 4 is 5.97 Å². The zero-order chi connectivity index (χ0) is 14.9. The van der Waals surface area contributed by atoms with E-state index >= 15 is 0 Å². The Bertz CT molecular complexity index is 200. The summed E-state index contributed by atoms with van der Waals surface area (Å²) >= 11 is 0. The second-order valence-corrected chi connectivity index (χ2v) is 5.58. The van der Waals surface area contributed by atoms with Crippen LogP contribution in [0.15, 0.2) is 0 Å². The van der Waals surface area contributed by atoms with Crippen molar-refractivity contribution in [3.63, 3.8) is 0 Å². The molecular weight excluding hydrogens is 252 g/mol. The molecular formula is C17H34O3. The van der Waals surface area contributed by atoms with Gasteiger partial charge in [-0.15, -0.1) is 0 Å². The third-order valence-electron chi connectivity index (χ3n) is 3.19. The van der Waals surface area contributed by atoms with Crippen LogP contribution in [0.5, 0.6) is 0 Å². The molecule has 0 amide bonds. The molecule has 3 nitrogen and oxygen atoms in total. The summed E-state index contributed by atoms with van der Waals surface area (Å²) in [5.74, 6) is -0.179. The van der Waals surface area contributed by atoms with Crippen LogP contribution in [0.25, 0.3) is 0 Å². The topological polar surface area (TPSA) is 46.5 Å². The highest BCUT2D eigenvalue weighted by atomic mass is 16.5. The fourth-order valence-electron chi connectivity index (χ4n) is 1.81. The largest absolute Gasteiger partial charge is 0.463 e. The highest BCUT2D eigenvalue weighted by molar-refractivity contribution is 5.69. The van der Waals surface area contributed by atoms with E-state index in [9.17, 15) is 4.79 Å². The minimum atomic E-state index is -0.179. The number of aliphatic hydroxyl groups is 1. The maximum absolute atomic E-state index is 11.1. The molecule has 120 valence electrons. The second-order valence-electron chi connectivity index (χ2n) is 5.58. The van der Waals surface area contributed by atoms with Gasteiger partial charge in [0.1, 0.15) is 6.61 Å². The number of hydrogen-bond donors (Lipinski definition) is 1. The Morgan fingerprint density at radius 2 is 1.40 bits per heavy atom. The number of hydrogen-bond acceptors (Lipinski definition) is 3. The van der Waals surface area contributed by atoms with Gasteiger partial charge >= 0.3 is 5.97 Å². The molecule has 1 aliphatic rings. The lowest BCUT2D eigenvalue weighted by atomic mass is 10.1. The van der Waals surface area contributed by atoms with E-state index in [-0.39, 0.29) is 19.2 Å². The summed E-state index contributed by atoms with van der Waals surface area (Å²) in [5, 5.41) is 8.47. The van der Waals surface area contributed by atoms with Gasteiger partial charge < -0.3 is 9.84 Å². The minimum absolute atomic E-state index is 0.0799. The molecule has 0 unspecified atom stereocenters. The summed E-state index contributed by atoms with van der Waals surface area (Å²) in [6.07, 6.45) is 16.2. The highest BCUT2D eigenvalue weighted by Crippen LogP contribution is 2.14. The Kier molecular flexibility index (Phi) is 16.0. The molecule has 0 aromatic carbocycles. The molecule has 1 saturated carbocycles. The van der Waals surface area contributed by atoms with Gasteiger partial charge in [-0.25, -0.2) is 0 Å². The van der Waals surface area contributed by atoms with Crippen LogP contribution < -0.4 is 0 Å². The molecule has 0 aromatic heterocycles. The van der Waals surface area contributed by atoms with Crippen LogP contribution in [0, 0.1) is 0 Å². The molecule has 3 heteroatoms. The monoisotopic (exact) mass is 286 g/mol. The number of rotatable bonds is 12. The van der Waals surface area contributed by atoms with Crippen molar-refractivity contribution in [1.82, 2.24) is 0 Å². The molecule has 0 aromatic rings. The summed E-state index contributed by atoms with van der Waals surface area (Å²) in [4.78, 5) is 11.1. The summed E-state index contributed by atoms with van der Waals surface area (Å²) in [6, 6.07) is 0. The number of esters is 1. The average Bonchev–Trinajstić information content (AvgIpc) is 3.31. The number of carbonyl (C=O) groups excluding carboxylic acids is 1. The van der Waals surface area contributed by atoms with E-state index in [4.69, 9.17) is 9.84 Å². The molecule has 0 saturated heterocycles. The van der Waals surface area contributed by atoms with Crippen LogP contribution in [0.2, 0.25) is 0 Å². The van der Waals surface area contributed by atoms with Gasteiger partial charge in [0.25, 0.3) is 0 Å². The Morgan fingerprint density at radius 3 is 1.85 bits per heavy atom. The third-order valence-corrected chi connectivity index (χ3v) is 3.19. The van der Waals surface area contributed by atoms with Crippen LogP contribution in [0.3, 0.4) is 0 Å². The molecule has 1 fully saturated rings. The van der Waals surface area contributed by atoms with Crippen molar-refractivity contribution in [3.8, 4) is 0 Å². The van der Waals surface area contributed by atoms with Crippen LogP contribution in [-0.4, -0.2) is 24.3 Å². The van der Waals surface area contributed by atoms with Gasteiger partial charge in [-0.05, 0) is 6.42 Å². The summed E-state index contributed by atoms with van der Waals surface area (Å²) in [5.41, 5.74) is 0. The smallest absolute Gasteiger partial charge is 0.305 e. The molecule has 0 atom stereocenters. The van der Waals surface area contributed by atoms with Gasteiger partial charge in [0.15, 0.2) is 0 Å². The lowest BCUT2D eigenvalue weighted by Gasteiger charge is -2.03. The van der Waals surface area contributed by atoms with Gasteiger partial charge in [-0.3, -0.25) is 4.79 Å². The first-order valence-corrected chi connectivity index (χ1v) is 8.57. The van der Waals surface area contributed by atoms with Gasteiger partial charge in [-0.1, -0.05) is 77.6 Å². The predicted molar refractivity (Wildman–Crippen MR) is 83.7 cm³/mol. The van der Waals surface area contributed by atoms with Gasteiger partial charge in [0.05, 0.1) is 6.61 Å². The van der Waals surface area contributed by atoms with Crippen LogP contribution in [-0.2, 0) is 9.53 Å². The molecule has 1 aliphatic carbocycles. The normalized spacial score (nSPS) is 12.5. The molecule has 0 spiro atoms. The Labute approximate surface area is 125 Å². The van der Waals surface area contributed by atoms with Crippen molar-refractivity contribution < 1.29 is 14.6 Å². The van der Waals surface area contributed by atoms with Gasteiger partial charge in [0.2, 0.25) is 0 Å². The molecule has 1 rings (SSSR count). The lowest BCUT2D eigenvalue weighted by Crippen LogP contribution is -2.07. The van der Waals surface area contributed by atoms with Crippen LogP contribution in [0.4, 0.5) is 0 Å². The van der Waals surface area contributed by atoms with Crippen LogP contribution in [0.1, 0.15) is 90.4 Å². The summed E-state index contributed by atoms with van der Waals surface area (Å²) < 4.78 is 4.77. The predicted octanol–water partition coefficient (Wildman–Crippen LogP) is 4.61. The molecule has 1 N–H and O–H groups in total. The lowest BCUT2D eigenvalue weighted by molar-refractivity contribution is -0.144. The van der Waals surface area contributed by atoms with E-state index in [2.05, 4.69) is 6.92 Å². The van der Waals surface area contributed by atoms with E-state index in [0.29, 0.717) is 6.42 Å². The average molecular weight is 286 g/mol. The molecule has 0 aliphatic heterocycles. The first kappa shape index (κ1) is 19.4. The van der Waals surface area contributed by atoms with Gasteiger partial charge in [0, 0.05) is 6.42 Å². The zero-order valence-corrected chi connectivity index (χ0v) is 13.4. The Morgan fingerprint density at radius 1 is 0.900 bits per heavy atom. The maximum atomic E-state index is 11.1. The van der Waals surface area contributed by atoms with E-state index in [1.807, 2.05) is 0 Å². The van der Waals surface area contributed by atoms with Crippen molar-refractivity contribution in [2.24, 2.45) is 0 Å². The summed E-state index contributed by atoms with van der Waals surface area (Å²) in [6.45, 7) is 2.29. The quantitative estimate of drug-likeness (QED) is 0.421. The van der Waals surface area contributed by atoms with E-state index < -0.39 is 0 Å². The number of ether oxygens (including phenoxy) is 1. The fourth-order valence-corrected chi connectivity index (χ4v) is 1.81. The van der Waals surface area contributed by atoms with Crippen molar-refractivity contribution in [2.75, 3.05) is 13.2 Å². The molecule has 20 heavy (non-hydrogen) atoms. The summed E-state index contributed by atoms with van der Waals surface area (Å²) in [7, 11) is 0. The van der Waals surface area contributed by atoms with E-state index in [1.54, 1.807) is 0 Å². The molecule has 0 heterocycles. The maximum Gasteiger partial charge on any atom is 0.305 e. The second kappa shape index (κ2) is 16.5. The number of unbranched alkanes of at least 4 members (excludes halogenated alkanes) is 8. The SMILES string of the molecule is C1CC1.CCCCCCCCCCCC(=O)OCCO. The standard InChI is InChI=1S/C14H28O3.C3H6/c1-2-3-4-5-6-7-8-9-10-11-14(16)17-13-12-15;1-2-3-1/h15H,2-13H2,1H3;1-3H2. The minimum Gasteiger partial charge on any atom is -0.463 e. The van der Waals surface area contributed by atoms with Crippen LogP contribution >= 0.6 is 0 Å². The van der Waals surface area contributed by atoms with Gasteiger partial charge in [-0.2, -0.15) is 0 Å². The van der Waals surface area contributed by atoms with Crippen molar-refractivity contribution in [2.45, 2.75) is 90.4 Å². The number of aliphatic hydroxyl groups excluding tert-OH is 1. The third kappa shape index (κ3) is 19.8. The molecule has 0 bridgehead atoms. The van der Waals surface area contributed by atoms with Crippen molar-refractivity contribution in [1.29, 1.82) is 0 Å².